The summed E-state index contributed by atoms with van der Waals surface area (Å²) in [6, 6.07) is -0.218. The van der Waals surface area contributed by atoms with Crippen molar-refractivity contribution >= 4 is 33.9 Å². The normalized spacial score (nSPS) is 17.8. The number of aromatic nitrogens is 3. The highest BCUT2D eigenvalue weighted by atomic mass is 32.1. The van der Waals surface area contributed by atoms with Crippen molar-refractivity contribution in [3.63, 3.8) is 0 Å². The topological polar surface area (TPSA) is 79.8 Å². The molecule has 0 aliphatic heterocycles. The number of nitrogens with one attached hydrogen (secondary N) is 2. The summed E-state index contributed by atoms with van der Waals surface area (Å²) in [5.41, 5.74) is 1.03. The van der Waals surface area contributed by atoms with E-state index in [1.54, 1.807) is 11.3 Å². The lowest BCUT2D eigenvalue weighted by molar-refractivity contribution is 0.247. The van der Waals surface area contributed by atoms with E-state index in [1.807, 2.05) is 6.92 Å². The first-order chi connectivity index (χ1) is 9.22. The van der Waals surface area contributed by atoms with Crippen LogP contribution in [0.3, 0.4) is 0 Å². The van der Waals surface area contributed by atoms with Gasteiger partial charge in [-0.2, -0.15) is 0 Å². The number of nitrogens with zero attached hydrogens (tertiary/aromatic N) is 3. The van der Waals surface area contributed by atoms with Gasteiger partial charge in [0.1, 0.15) is 5.00 Å². The Balaban J connectivity index is 1.69. The summed E-state index contributed by atoms with van der Waals surface area (Å²) >= 11 is 2.88. The van der Waals surface area contributed by atoms with Crippen molar-refractivity contribution < 1.29 is 4.79 Å². The monoisotopic (exact) mass is 295 g/mol. The Bertz CT molecular complexity index is 580. The largest absolute Gasteiger partial charge is 0.329 e. The van der Waals surface area contributed by atoms with Gasteiger partial charge in [0.2, 0.25) is 0 Å². The molecule has 0 radical (unpaired) electrons. The summed E-state index contributed by atoms with van der Waals surface area (Å²) in [6.07, 6.45) is 4.62. The van der Waals surface area contributed by atoms with Gasteiger partial charge < -0.3 is 5.32 Å². The van der Waals surface area contributed by atoms with E-state index in [0.29, 0.717) is 5.00 Å². The minimum absolute atomic E-state index is 0.00887. The summed E-state index contributed by atoms with van der Waals surface area (Å²) in [4.78, 5) is 17.7. The fourth-order valence-electron chi connectivity index (χ4n) is 2.21. The van der Waals surface area contributed by atoms with Crippen molar-refractivity contribution in [2.75, 3.05) is 5.32 Å². The van der Waals surface area contributed by atoms with Gasteiger partial charge in [-0.3, -0.25) is 5.32 Å². The first kappa shape index (κ1) is 12.5. The Morgan fingerprint density at radius 2 is 2.42 bits per heavy atom. The molecule has 19 heavy (non-hydrogen) atoms. The maximum Gasteiger partial charge on any atom is 0.320 e. The number of urea groups is 1. The molecular weight excluding hydrogens is 282 g/mol. The molecule has 2 heterocycles. The standard InChI is InChI=1S/C11H13N5OS2/c1-6-13-10-7(3-2-4-8(10)18-6)14-11(17)15-9-5-12-16-19-9/h5,7H,2-4H2,1H3,(H2,14,15,17)/t7-/m0/s1. The van der Waals surface area contributed by atoms with E-state index in [2.05, 4.69) is 25.2 Å². The summed E-state index contributed by atoms with van der Waals surface area (Å²) in [7, 11) is 0. The van der Waals surface area contributed by atoms with Crippen LogP contribution in [0.2, 0.25) is 0 Å². The zero-order valence-corrected chi connectivity index (χ0v) is 12.0. The van der Waals surface area contributed by atoms with Gasteiger partial charge in [-0.25, -0.2) is 9.78 Å². The zero-order valence-electron chi connectivity index (χ0n) is 10.3. The van der Waals surface area contributed by atoms with E-state index >= 15 is 0 Å². The molecule has 6 nitrogen and oxygen atoms in total. The average Bonchev–Trinajstić information content (AvgIpc) is 2.97. The SMILES string of the molecule is Cc1nc2c(s1)CCC[C@@H]2NC(=O)Nc1cnns1. The van der Waals surface area contributed by atoms with Crippen LogP contribution >= 0.6 is 22.9 Å². The van der Waals surface area contributed by atoms with Gasteiger partial charge in [-0.15, -0.1) is 16.4 Å². The molecule has 0 saturated carbocycles. The highest BCUT2D eigenvalue weighted by Gasteiger charge is 2.25. The summed E-state index contributed by atoms with van der Waals surface area (Å²) in [5, 5.41) is 11.1. The van der Waals surface area contributed by atoms with Crippen LogP contribution in [0.15, 0.2) is 6.20 Å². The number of anilines is 1. The summed E-state index contributed by atoms with van der Waals surface area (Å²) in [5.74, 6) is 0. The Morgan fingerprint density at radius 3 is 3.21 bits per heavy atom. The van der Waals surface area contributed by atoms with Crippen molar-refractivity contribution in [1.29, 1.82) is 0 Å². The zero-order chi connectivity index (χ0) is 13.2. The van der Waals surface area contributed by atoms with Crippen molar-refractivity contribution in [1.82, 2.24) is 19.9 Å². The highest BCUT2D eigenvalue weighted by Crippen LogP contribution is 2.32. The van der Waals surface area contributed by atoms with E-state index in [9.17, 15) is 4.79 Å². The van der Waals surface area contributed by atoms with Crippen LogP contribution in [-0.4, -0.2) is 20.6 Å². The van der Waals surface area contributed by atoms with Crippen LogP contribution in [0, 0.1) is 6.92 Å². The van der Waals surface area contributed by atoms with Gasteiger partial charge in [0.25, 0.3) is 0 Å². The maximum absolute atomic E-state index is 11.9. The molecule has 1 atom stereocenters. The van der Waals surface area contributed by atoms with E-state index in [1.165, 1.54) is 11.1 Å². The lowest BCUT2D eigenvalue weighted by atomic mass is 9.98. The maximum atomic E-state index is 11.9. The molecule has 0 saturated heterocycles. The molecule has 3 rings (SSSR count). The number of aryl methyl sites for hydroxylation is 2. The third-order valence-corrected chi connectivity index (χ3v) is 4.59. The van der Waals surface area contributed by atoms with Gasteiger partial charge in [-0.05, 0) is 26.2 Å². The first-order valence-corrected chi connectivity index (χ1v) is 7.62. The fraction of sp³-hybridized carbons (Fsp3) is 0.455. The third kappa shape index (κ3) is 2.74. The molecular formula is C11H13N5OS2. The predicted molar refractivity (Wildman–Crippen MR) is 74.6 cm³/mol. The van der Waals surface area contributed by atoms with Gasteiger partial charge in [0.15, 0.2) is 0 Å². The summed E-state index contributed by atoms with van der Waals surface area (Å²) in [6.45, 7) is 2.00. The molecule has 2 N–H and O–H groups in total. The summed E-state index contributed by atoms with van der Waals surface area (Å²) < 4.78 is 3.70. The van der Waals surface area contributed by atoms with Gasteiger partial charge in [-0.1, -0.05) is 4.49 Å². The second kappa shape index (κ2) is 5.22. The smallest absolute Gasteiger partial charge is 0.320 e. The second-order valence-corrected chi connectivity index (χ2v) is 6.44. The van der Waals surface area contributed by atoms with Crippen LogP contribution in [0.25, 0.3) is 0 Å². The number of amides is 2. The third-order valence-electron chi connectivity index (χ3n) is 2.96. The molecule has 2 amide bonds. The van der Waals surface area contributed by atoms with Crippen LogP contribution in [0.1, 0.15) is 34.5 Å². The van der Waals surface area contributed by atoms with E-state index in [-0.39, 0.29) is 12.1 Å². The minimum Gasteiger partial charge on any atom is -0.329 e. The number of hydrogen-bond donors (Lipinski definition) is 2. The quantitative estimate of drug-likeness (QED) is 0.892. The Labute approximate surface area is 118 Å². The fourth-order valence-corrected chi connectivity index (χ4v) is 3.66. The van der Waals surface area contributed by atoms with Crippen LogP contribution in [0.5, 0.6) is 0 Å². The minimum atomic E-state index is -0.227. The van der Waals surface area contributed by atoms with Crippen LogP contribution < -0.4 is 10.6 Å². The molecule has 2 aromatic rings. The van der Waals surface area contributed by atoms with Crippen LogP contribution in [-0.2, 0) is 6.42 Å². The molecule has 100 valence electrons. The molecule has 0 unspecified atom stereocenters. The molecule has 2 aromatic heterocycles. The molecule has 0 spiro atoms. The lowest BCUT2D eigenvalue weighted by Gasteiger charge is -2.22. The number of rotatable bonds is 2. The van der Waals surface area contributed by atoms with Gasteiger partial charge >= 0.3 is 6.03 Å². The molecule has 8 heteroatoms. The van der Waals surface area contributed by atoms with Crippen molar-refractivity contribution in [3.05, 3.63) is 21.8 Å². The molecule has 0 aromatic carbocycles. The molecule has 1 aliphatic carbocycles. The second-order valence-electron chi connectivity index (χ2n) is 4.37. The molecule has 0 bridgehead atoms. The number of thiazole rings is 1. The van der Waals surface area contributed by atoms with Crippen molar-refractivity contribution in [3.8, 4) is 0 Å². The van der Waals surface area contributed by atoms with Crippen molar-refractivity contribution in [2.45, 2.75) is 32.2 Å². The Kier molecular flexibility index (Phi) is 3.43. The Hall–Kier alpha value is -1.54. The van der Waals surface area contributed by atoms with E-state index in [0.717, 1.165) is 41.5 Å². The number of carbonyl (C=O) groups is 1. The first-order valence-electron chi connectivity index (χ1n) is 6.03. The number of carbonyl (C=O) groups excluding carboxylic acids is 1. The predicted octanol–water partition coefficient (Wildman–Crippen LogP) is 2.50. The van der Waals surface area contributed by atoms with Gasteiger partial charge in [0.05, 0.1) is 22.9 Å². The Morgan fingerprint density at radius 1 is 1.53 bits per heavy atom. The molecule has 0 fully saturated rings. The lowest BCUT2D eigenvalue weighted by Crippen LogP contribution is -2.34. The van der Waals surface area contributed by atoms with Crippen molar-refractivity contribution in [2.24, 2.45) is 0 Å². The highest BCUT2D eigenvalue weighted by molar-refractivity contribution is 7.11. The average molecular weight is 295 g/mol. The number of fused-ring (bicyclic) bond motifs is 1. The molecule has 1 aliphatic rings. The number of hydrogen-bond acceptors (Lipinski definition) is 6. The van der Waals surface area contributed by atoms with E-state index in [4.69, 9.17) is 0 Å². The van der Waals surface area contributed by atoms with Gasteiger partial charge in [0, 0.05) is 16.4 Å². The van der Waals surface area contributed by atoms with Crippen LogP contribution in [0.4, 0.5) is 9.80 Å². The van der Waals surface area contributed by atoms with E-state index < -0.39 is 0 Å².